The molecule has 2 aromatic rings. The summed E-state index contributed by atoms with van der Waals surface area (Å²) >= 11 is 1.39. The third-order valence-electron chi connectivity index (χ3n) is 3.13. The monoisotopic (exact) mass is 321 g/mol. The SMILES string of the molecule is COc1ccc(CN(C(=O)[C@H](C)N)c2nccs2)c(OC)c1. The van der Waals surface area contributed by atoms with Crippen molar-refractivity contribution >= 4 is 22.4 Å². The molecular formula is C15H19N3O3S. The number of aromatic nitrogens is 1. The van der Waals surface area contributed by atoms with Crippen LogP contribution in [-0.4, -0.2) is 31.2 Å². The minimum absolute atomic E-state index is 0.187. The molecule has 0 radical (unpaired) electrons. The van der Waals surface area contributed by atoms with Crippen molar-refractivity contribution in [2.45, 2.75) is 19.5 Å². The van der Waals surface area contributed by atoms with E-state index in [0.717, 1.165) is 5.56 Å². The second-order valence-electron chi connectivity index (χ2n) is 4.71. The fraction of sp³-hybridized carbons (Fsp3) is 0.333. The number of benzene rings is 1. The van der Waals surface area contributed by atoms with E-state index in [1.807, 2.05) is 17.5 Å². The Kier molecular flexibility index (Phi) is 5.35. The molecule has 1 amide bonds. The standard InChI is InChI=1S/C15H19N3O3S/c1-10(16)14(19)18(15-17-6-7-22-15)9-11-4-5-12(20-2)8-13(11)21-3/h4-8,10H,9,16H2,1-3H3/t10-/m0/s1. The van der Waals surface area contributed by atoms with Gasteiger partial charge >= 0.3 is 0 Å². The Labute approximate surface area is 133 Å². The molecule has 0 fully saturated rings. The molecule has 0 aliphatic rings. The molecule has 0 aliphatic heterocycles. The van der Waals surface area contributed by atoms with Gasteiger partial charge < -0.3 is 15.2 Å². The molecule has 0 bridgehead atoms. The number of anilines is 1. The van der Waals surface area contributed by atoms with E-state index in [2.05, 4.69) is 4.98 Å². The molecular weight excluding hydrogens is 302 g/mol. The lowest BCUT2D eigenvalue weighted by Gasteiger charge is -2.23. The zero-order chi connectivity index (χ0) is 16.1. The van der Waals surface area contributed by atoms with Crippen LogP contribution in [0.4, 0.5) is 5.13 Å². The van der Waals surface area contributed by atoms with E-state index in [0.29, 0.717) is 23.2 Å². The van der Waals surface area contributed by atoms with Gasteiger partial charge in [-0.05, 0) is 19.1 Å². The van der Waals surface area contributed by atoms with Crippen LogP contribution < -0.4 is 20.1 Å². The van der Waals surface area contributed by atoms with Gasteiger partial charge in [-0.3, -0.25) is 9.69 Å². The second kappa shape index (κ2) is 7.24. The molecule has 0 saturated carbocycles. The highest BCUT2D eigenvalue weighted by molar-refractivity contribution is 7.13. The van der Waals surface area contributed by atoms with Gasteiger partial charge in [0, 0.05) is 23.2 Å². The number of methoxy groups -OCH3 is 2. The summed E-state index contributed by atoms with van der Waals surface area (Å²) < 4.78 is 10.6. The number of thiazole rings is 1. The first-order chi connectivity index (χ1) is 10.6. The van der Waals surface area contributed by atoms with E-state index in [1.165, 1.54) is 11.3 Å². The van der Waals surface area contributed by atoms with Crippen LogP contribution in [0.1, 0.15) is 12.5 Å². The van der Waals surface area contributed by atoms with E-state index in [1.54, 1.807) is 38.3 Å². The first-order valence-electron chi connectivity index (χ1n) is 6.74. The molecule has 0 aliphatic carbocycles. The fourth-order valence-electron chi connectivity index (χ4n) is 1.99. The highest BCUT2D eigenvalue weighted by Crippen LogP contribution is 2.28. The van der Waals surface area contributed by atoms with Gasteiger partial charge in [0.2, 0.25) is 5.91 Å². The van der Waals surface area contributed by atoms with Crippen molar-refractivity contribution < 1.29 is 14.3 Å². The van der Waals surface area contributed by atoms with Gasteiger partial charge in [-0.2, -0.15) is 0 Å². The molecule has 0 spiro atoms. The summed E-state index contributed by atoms with van der Waals surface area (Å²) in [7, 11) is 3.18. The van der Waals surface area contributed by atoms with Crippen LogP contribution >= 0.6 is 11.3 Å². The lowest BCUT2D eigenvalue weighted by molar-refractivity contribution is -0.119. The Bertz CT molecular complexity index is 629. The Morgan fingerprint density at radius 2 is 2.18 bits per heavy atom. The molecule has 1 heterocycles. The lowest BCUT2D eigenvalue weighted by Crippen LogP contribution is -2.41. The summed E-state index contributed by atoms with van der Waals surface area (Å²) in [6.07, 6.45) is 1.66. The van der Waals surface area contributed by atoms with Gasteiger partial charge in [0.05, 0.1) is 26.8 Å². The smallest absolute Gasteiger partial charge is 0.245 e. The fourth-order valence-corrected chi connectivity index (χ4v) is 2.63. The molecule has 22 heavy (non-hydrogen) atoms. The van der Waals surface area contributed by atoms with Crippen LogP contribution in [0.2, 0.25) is 0 Å². The Morgan fingerprint density at radius 3 is 2.73 bits per heavy atom. The maximum Gasteiger partial charge on any atom is 0.245 e. The number of amides is 1. The third-order valence-corrected chi connectivity index (χ3v) is 3.92. The molecule has 7 heteroatoms. The van der Waals surface area contributed by atoms with Crippen molar-refractivity contribution in [3.05, 3.63) is 35.3 Å². The highest BCUT2D eigenvalue weighted by atomic mass is 32.1. The number of nitrogens with two attached hydrogens (primary N) is 1. The van der Waals surface area contributed by atoms with Gasteiger partial charge in [0.25, 0.3) is 0 Å². The summed E-state index contributed by atoms with van der Waals surface area (Å²) in [6.45, 7) is 2.00. The molecule has 1 atom stereocenters. The number of nitrogens with zero attached hydrogens (tertiary/aromatic N) is 2. The summed E-state index contributed by atoms with van der Waals surface area (Å²) in [5.41, 5.74) is 6.60. The quantitative estimate of drug-likeness (QED) is 0.881. The molecule has 0 saturated heterocycles. The maximum atomic E-state index is 12.4. The van der Waals surface area contributed by atoms with Crippen LogP contribution in [0.5, 0.6) is 11.5 Å². The zero-order valence-electron chi connectivity index (χ0n) is 12.8. The summed E-state index contributed by atoms with van der Waals surface area (Å²) in [5, 5.41) is 2.43. The largest absolute Gasteiger partial charge is 0.497 e. The zero-order valence-corrected chi connectivity index (χ0v) is 13.6. The van der Waals surface area contributed by atoms with Crippen molar-refractivity contribution in [2.75, 3.05) is 19.1 Å². The average Bonchev–Trinajstić information content (AvgIpc) is 3.05. The van der Waals surface area contributed by atoms with E-state index in [9.17, 15) is 4.79 Å². The van der Waals surface area contributed by atoms with Crippen LogP contribution in [0.15, 0.2) is 29.8 Å². The molecule has 2 rings (SSSR count). The first kappa shape index (κ1) is 16.3. The van der Waals surface area contributed by atoms with Crippen molar-refractivity contribution in [2.24, 2.45) is 5.73 Å². The number of carbonyl (C=O) groups is 1. The van der Waals surface area contributed by atoms with Gasteiger partial charge in [0.1, 0.15) is 11.5 Å². The molecule has 2 N–H and O–H groups in total. The first-order valence-corrected chi connectivity index (χ1v) is 7.62. The molecule has 1 aromatic heterocycles. The average molecular weight is 321 g/mol. The van der Waals surface area contributed by atoms with Crippen LogP contribution in [-0.2, 0) is 11.3 Å². The number of rotatable bonds is 6. The minimum atomic E-state index is -0.604. The topological polar surface area (TPSA) is 77.7 Å². The van der Waals surface area contributed by atoms with Gasteiger partial charge in [0.15, 0.2) is 5.13 Å². The van der Waals surface area contributed by atoms with E-state index >= 15 is 0 Å². The van der Waals surface area contributed by atoms with Crippen molar-refractivity contribution in [1.29, 1.82) is 0 Å². The second-order valence-corrected chi connectivity index (χ2v) is 5.58. The van der Waals surface area contributed by atoms with Crippen molar-refractivity contribution in [3.8, 4) is 11.5 Å². The van der Waals surface area contributed by atoms with Crippen LogP contribution in [0, 0.1) is 0 Å². The van der Waals surface area contributed by atoms with Gasteiger partial charge in [-0.25, -0.2) is 4.98 Å². The predicted octanol–water partition coefficient (Wildman–Crippen LogP) is 2.04. The number of carbonyl (C=O) groups excluding carboxylic acids is 1. The molecule has 0 unspecified atom stereocenters. The predicted molar refractivity (Wildman–Crippen MR) is 86.5 cm³/mol. The highest BCUT2D eigenvalue weighted by Gasteiger charge is 2.23. The number of ether oxygens (including phenoxy) is 2. The molecule has 1 aromatic carbocycles. The summed E-state index contributed by atoms with van der Waals surface area (Å²) in [6, 6.07) is 4.88. The van der Waals surface area contributed by atoms with Gasteiger partial charge in [-0.15, -0.1) is 11.3 Å². The lowest BCUT2D eigenvalue weighted by atomic mass is 10.1. The van der Waals surface area contributed by atoms with Crippen LogP contribution in [0.3, 0.4) is 0 Å². The Morgan fingerprint density at radius 1 is 1.41 bits per heavy atom. The Balaban J connectivity index is 2.33. The maximum absolute atomic E-state index is 12.4. The van der Waals surface area contributed by atoms with E-state index in [-0.39, 0.29) is 5.91 Å². The molecule has 6 nitrogen and oxygen atoms in total. The minimum Gasteiger partial charge on any atom is -0.497 e. The normalized spacial score (nSPS) is 11.8. The van der Waals surface area contributed by atoms with Crippen molar-refractivity contribution in [1.82, 2.24) is 4.98 Å². The summed E-state index contributed by atoms with van der Waals surface area (Å²) in [5.74, 6) is 1.16. The van der Waals surface area contributed by atoms with Gasteiger partial charge in [-0.1, -0.05) is 0 Å². The number of hydrogen-bond donors (Lipinski definition) is 1. The van der Waals surface area contributed by atoms with Crippen molar-refractivity contribution in [3.63, 3.8) is 0 Å². The summed E-state index contributed by atoms with van der Waals surface area (Å²) in [4.78, 5) is 18.1. The van der Waals surface area contributed by atoms with Crippen LogP contribution in [0.25, 0.3) is 0 Å². The third kappa shape index (κ3) is 3.55. The Hall–Kier alpha value is -2.12. The number of hydrogen-bond acceptors (Lipinski definition) is 6. The van der Waals surface area contributed by atoms with E-state index in [4.69, 9.17) is 15.2 Å². The van der Waals surface area contributed by atoms with E-state index < -0.39 is 6.04 Å². The molecule has 118 valence electrons.